The maximum Gasteiger partial charge on any atom is 0.103 e. The first-order valence-electron chi connectivity index (χ1n) is 47.3. The van der Waals surface area contributed by atoms with Gasteiger partial charge in [-0.15, -0.1) is 34.0 Å². The van der Waals surface area contributed by atoms with E-state index >= 15 is 0 Å². The summed E-state index contributed by atoms with van der Waals surface area (Å²) in [5, 5.41) is 43.2. The van der Waals surface area contributed by atoms with E-state index in [2.05, 4.69) is 311 Å². The van der Waals surface area contributed by atoms with E-state index in [4.69, 9.17) is 20.9 Å². The number of hydrogen-bond donors (Lipinski definition) is 15. The first-order valence-corrected chi connectivity index (χ1v) is 49.9. The second kappa shape index (κ2) is 86.8. The number of para-hydroxylation sites is 1. The van der Waals surface area contributed by atoms with Crippen molar-refractivity contribution in [1.29, 1.82) is 0 Å². The Morgan fingerprint density at radius 2 is 0.888 bits per heavy atom. The van der Waals surface area contributed by atoms with Gasteiger partial charge in [-0.05, 0) is 303 Å². The summed E-state index contributed by atoms with van der Waals surface area (Å²) in [5.74, 6) is 2.85. The molecule has 5 heterocycles. The maximum absolute atomic E-state index is 4.90. The van der Waals surface area contributed by atoms with E-state index in [1.54, 1.807) is 25.6 Å². The van der Waals surface area contributed by atoms with Crippen LogP contribution in [0.1, 0.15) is 209 Å². The molecule has 0 aliphatic rings. The number of ether oxygens (including phenoxy) is 2. The molecule has 2 unspecified atom stereocenters. The monoisotopic (exact) mass is 1770 g/mol. The second-order valence-corrected chi connectivity index (χ2v) is 34.0. The van der Waals surface area contributed by atoms with Gasteiger partial charge < -0.3 is 84.1 Å². The molecule has 17 N–H and O–H groups in total. The van der Waals surface area contributed by atoms with Crippen molar-refractivity contribution < 1.29 is 9.47 Å². The molecule has 2 atom stereocenters. The van der Waals surface area contributed by atoms with Gasteiger partial charge in [0.25, 0.3) is 0 Å². The highest BCUT2D eigenvalue weighted by Gasteiger charge is 2.04. The Kier molecular flexibility index (Phi) is 79.9. The average molecular weight is 1780 g/mol. The van der Waals surface area contributed by atoms with Crippen LogP contribution in [0, 0.1) is 11.8 Å². The zero-order valence-electron chi connectivity index (χ0n) is 80.2. The number of nitrogens with one attached hydrogen (secondary N) is 13. The average Bonchev–Trinajstić information content (AvgIpc) is 1.44. The number of aromatic nitrogens is 2. The third-order valence-corrected chi connectivity index (χ3v) is 23.0. The molecule has 0 fully saturated rings. The van der Waals surface area contributed by atoms with Crippen molar-refractivity contribution in [3.63, 3.8) is 0 Å². The van der Waals surface area contributed by atoms with Crippen molar-refractivity contribution in [2.24, 2.45) is 23.3 Å². The number of unbranched alkanes of at least 4 members (excludes halogenated alkanes) is 5. The van der Waals surface area contributed by atoms with E-state index in [0.717, 1.165) is 147 Å². The molecule has 5 aromatic carbocycles. The highest BCUT2D eigenvalue weighted by atomic mass is 32.1. The van der Waals surface area contributed by atoms with Crippen LogP contribution in [0.3, 0.4) is 0 Å². The summed E-state index contributed by atoms with van der Waals surface area (Å²) in [5.41, 5.74) is 21.5. The van der Waals surface area contributed by atoms with Crippen molar-refractivity contribution in [2.75, 3.05) is 171 Å². The molecule has 10 rings (SSSR count). The van der Waals surface area contributed by atoms with E-state index in [-0.39, 0.29) is 0 Å². The van der Waals surface area contributed by atoms with Crippen LogP contribution < -0.4 is 70.0 Å². The van der Waals surface area contributed by atoms with Gasteiger partial charge in [0.05, 0.1) is 16.7 Å². The molecule has 0 radical (unpaired) electrons. The summed E-state index contributed by atoms with van der Waals surface area (Å²) >= 11 is 5.47. The zero-order chi connectivity index (χ0) is 91.0. The molecule has 125 heavy (non-hydrogen) atoms. The molecule has 20 heteroatoms. The lowest BCUT2D eigenvalue weighted by Gasteiger charge is -2.11. The topological polar surface area (TPSA) is 234 Å². The fraction of sp³-hybridized carbons (Fsp3) is 0.524. The third-order valence-electron chi connectivity index (χ3n) is 20.1. The molecule has 0 spiro atoms. The zero-order valence-corrected chi connectivity index (χ0v) is 82.7. The van der Waals surface area contributed by atoms with Gasteiger partial charge in [0.2, 0.25) is 0 Å². The SMILES string of the molecule is CCC(C)CCCCNCC(C)CC.CCCCCNCC.CCCCNC.CCc1ccc(NCCCc2ccc(NC)cc2)cc1.CCc1ccc(NCCCc2ccc(NC)cc2)s1.COCCCCNCOC.NCCN.c1c[nH]c(CCCNc2ccc[nH]2)c1.c1ccc(CCCNc2ccccc2)cc1.c1csc(CCCNc2cccs2)c1. The lowest BCUT2D eigenvalue weighted by molar-refractivity contribution is 0.169. The number of methoxy groups -OCH3 is 2. The lowest BCUT2D eigenvalue weighted by Crippen LogP contribution is -2.21. The number of nitrogens with two attached hydrogens (primary N) is 2. The predicted octanol–water partition coefficient (Wildman–Crippen LogP) is 24.8. The molecule has 0 amide bonds. The summed E-state index contributed by atoms with van der Waals surface area (Å²) < 4.78 is 9.70. The van der Waals surface area contributed by atoms with Crippen molar-refractivity contribution in [1.82, 2.24) is 31.2 Å². The number of hydrogen-bond acceptors (Lipinski definition) is 18. The molecule has 0 aliphatic heterocycles. The van der Waals surface area contributed by atoms with Crippen LogP contribution in [0.2, 0.25) is 0 Å². The summed E-state index contributed by atoms with van der Waals surface area (Å²) in [7, 11) is 9.29. The number of rotatable bonds is 54. The van der Waals surface area contributed by atoms with Crippen molar-refractivity contribution >= 4 is 72.6 Å². The van der Waals surface area contributed by atoms with Crippen LogP contribution in [0.4, 0.5) is 38.6 Å². The lowest BCUT2D eigenvalue weighted by atomic mass is 10.0. The maximum atomic E-state index is 4.90. The number of benzene rings is 5. The van der Waals surface area contributed by atoms with Crippen LogP contribution >= 0.6 is 34.0 Å². The molecule has 0 saturated carbocycles. The Morgan fingerprint density at radius 1 is 0.368 bits per heavy atom. The summed E-state index contributed by atoms with van der Waals surface area (Å²) in [6.45, 7) is 34.9. The minimum Gasteiger partial charge on any atom is -0.388 e. The Bertz CT molecular complexity index is 3430. The highest BCUT2D eigenvalue weighted by molar-refractivity contribution is 7.16. The van der Waals surface area contributed by atoms with E-state index in [1.165, 1.54) is 174 Å². The van der Waals surface area contributed by atoms with Crippen molar-refractivity contribution in [3.05, 3.63) is 255 Å². The molecule has 17 nitrogen and oxygen atoms in total. The molecule has 5 aromatic heterocycles. The van der Waals surface area contributed by atoms with Crippen LogP contribution in [-0.2, 0) is 54.4 Å². The van der Waals surface area contributed by atoms with Gasteiger partial charge in [-0.1, -0.05) is 198 Å². The number of aromatic amines is 2. The van der Waals surface area contributed by atoms with E-state index < -0.39 is 0 Å². The van der Waals surface area contributed by atoms with Crippen LogP contribution in [0.25, 0.3) is 0 Å². The Labute approximate surface area is 773 Å². The first-order chi connectivity index (χ1) is 61.3. The summed E-state index contributed by atoms with van der Waals surface area (Å²) in [4.78, 5) is 9.24. The third kappa shape index (κ3) is 69.8. The molecule has 0 bridgehead atoms. The fourth-order valence-corrected chi connectivity index (χ4v) is 14.1. The molecule has 0 aliphatic carbocycles. The van der Waals surface area contributed by atoms with Crippen LogP contribution in [0.5, 0.6) is 0 Å². The quantitative estimate of drug-likeness (QED) is 0.0125. The van der Waals surface area contributed by atoms with Gasteiger partial charge >= 0.3 is 0 Å². The van der Waals surface area contributed by atoms with Crippen molar-refractivity contribution in [3.8, 4) is 0 Å². The minimum absolute atomic E-state index is 0.597. The van der Waals surface area contributed by atoms with Crippen LogP contribution in [-0.4, -0.2) is 144 Å². The molecule has 10 aromatic rings. The summed E-state index contributed by atoms with van der Waals surface area (Å²) in [6.07, 6.45) is 33.3. The van der Waals surface area contributed by atoms with E-state index in [0.29, 0.717) is 19.8 Å². The Balaban J connectivity index is 0.000000711. The van der Waals surface area contributed by atoms with Gasteiger partial charge in [-0.2, -0.15) is 0 Å². The number of anilines is 7. The Morgan fingerprint density at radius 3 is 1.39 bits per heavy atom. The van der Waals surface area contributed by atoms with Gasteiger partial charge in [-0.3, -0.25) is 5.32 Å². The standard InChI is InChI=1S/C18H24N2.C16H22N2S.C15H17N.C13H29N.C11H15N3.C11H13NS2.C7H17NO2.C7H17N.C5H13N.C2H8N2/c1-3-15-6-12-18(13-7-15)20-14-4-5-16-8-10-17(19-2)11-9-16;1-3-15-10-11-16(19-15)18-12-4-5-13-6-8-14(17-2)9-7-13;1-3-8-14(9-4-1)10-7-13-16-15-11-5-2-6-12-15;1-5-12(3)9-7-8-10-14-11-13(4)6-2;1-4-10(12-7-1)5-2-8-13-11-6-3-9-14-11;1(4-10-5-2-8-13-10)7-12-11-6-3-9-14-11;1-9-6-4-3-5-8-7-10-2;1-3-5-6-7-8-4-2;1-3-4-5-6-2;3-1-2-4/h6-13,19-20H,3-5,14H2,1-2H3;6-11,17-18H,3-5,12H2,1-2H3;1-6,8-9,11-12,16H,7,10,13H2;12-14H,5-11H2,1-4H3;1,3-4,6-7,9,12-14H,2,5,8H2;2-3,5-6,8-9,12H,1,4,7H2;8H,3-7H2,1-2H3;8H,3-7H2,1-2H3;6H,3-5H2,1-2H3;1-4H2. The smallest absolute Gasteiger partial charge is 0.103 e. The minimum atomic E-state index is 0.597. The van der Waals surface area contributed by atoms with E-state index in [9.17, 15) is 0 Å². The first kappa shape index (κ1) is 115. The Hall–Kier alpha value is -7.96. The van der Waals surface area contributed by atoms with Gasteiger partial charge in [0.1, 0.15) is 5.82 Å². The summed E-state index contributed by atoms with van der Waals surface area (Å²) in [6, 6.07) is 68.1. The highest BCUT2D eigenvalue weighted by Crippen LogP contribution is 2.23. The largest absolute Gasteiger partial charge is 0.388 e. The van der Waals surface area contributed by atoms with Gasteiger partial charge in [0, 0.05) is 131 Å². The molecular formula is C105H175N15O2S3. The predicted molar refractivity (Wildman–Crippen MR) is 560 cm³/mol. The second-order valence-electron chi connectivity index (χ2n) is 30.9. The number of thiophene rings is 3. The molecule has 700 valence electrons. The molecular weight excluding hydrogens is 1600 g/mol. The molecule has 0 saturated heterocycles. The van der Waals surface area contributed by atoms with Crippen LogP contribution in [0.15, 0.2) is 217 Å². The van der Waals surface area contributed by atoms with E-state index in [1.807, 2.05) is 80.5 Å². The fourth-order valence-electron chi connectivity index (χ4n) is 11.9. The van der Waals surface area contributed by atoms with Gasteiger partial charge in [-0.25, -0.2) is 0 Å². The number of aryl methyl sites for hydroxylation is 7. The van der Waals surface area contributed by atoms with Gasteiger partial charge in [0.15, 0.2) is 0 Å². The normalized spacial score (nSPS) is 10.7. The number of H-pyrrole nitrogens is 2. The van der Waals surface area contributed by atoms with Crippen molar-refractivity contribution in [2.45, 2.75) is 216 Å².